The number of hydrogen-bond acceptors (Lipinski definition) is 1. The zero-order valence-corrected chi connectivity index (χ0v) is 10.5. The highest BCUT2D eigenvalue weighted by Gasteiger charge is 1.96. The van der Waals surface area contributed by atoms with Crippen molar-refractivity contribution in [2.45, 2.75) is 33.6 Å². The van der Waals surface area contributed by atoms with Crippen molar-refractivity contribution in [3.63, 3.8) is 0 Å². The summed E-state index contributed by atoms with van der Waals surface area (Å²) < 4.78 is 0. The maximum Gasteiger partial charge on any atom is 0.0625 e. The molecule has 0 radical (unpaired) electrons. The van der Waals surface area contributed by atoms with Crippen LogP contribution in [0.25, 0.3) is 0 Å². The highest BCUT2D eigenvalue weighted by Crippen LogP contribution is 2.11. The fourth-order valence-electron chi connectivity index (χ4n) is 1.44. The molecule has 0 aromatic heterocycles. The molecule has 1 unspecified atom stereocenters. The molecule has 0 aliphatic heterocycles. The zero-order chi connectivity index (χ0) is 11.8. The van der Waals surface area contributed by atoms with Gasteiger partial charge in [-0.25, -0.2) is 0 Å². The SMILES string of the molecule is CC(C)=CCCC(C)C=Nc1ccccc1. The molecule has 0 amide bonds. The van der Waals surface area contributed by atoms with Crippen LogP contribution >= 0.6 is 0 Å². The van der Waals surface area contributed by atoms with Crippen molar-refractivity contribution >= 4 is 11.9 Å². The standard InChI is InChI=1S/C15H21N/c1-13(2)8-7-9-14(3)12-16-15-10-5-4-6-11-15/h4-6,8,10-12,14H,7,9H2,1-3H3. The molecule has 0 fully saturated rings. The van der Waals surface area contributed by atoms with Crippen LogP contribution in [-0.4, -0.2) is 6.21 Å². The molecule has 1 rings (SSSR count). The van der Waals surface area contributed by atoms with Crippen LogP contribution in [0.4, 0.5) is 5.69 Å². The van der Waals surface area contributed by atoms with Crippen molar-refractivity contribution in [2.24, 2.45) is 10.9 Å². The molecule has 1 atom stereocenters. The van der Waals surface area contributed by atoms with Gasteiger partial charge in [-0.15, -0.1) is 0 Å². The predicted octanol–water partition coefficient (Wildman–Crippen LogP) is 4.77. The van der Waals surface area contributed by atoms with Crippen LogP contribution in [-0.2, 0) is 0 Å². The number of para-hydroxylation sites is 1. The van der Waals surface area contributed by atoms with Crippen LogP contribution in [0.1, 0.15) is 33.6 Å². The average Bonchev–Trinajstić information content (AvgIpc) is 2.27. The largest absolute Gasteiger partial charge is 0.261 e. The molecule has 0 aliphatic rings. The Labute approximate surface area is 98.9 Å². The number of hydrogen-bond donors (Lipinski definition) is 0. The zero-order valence-electron chi connectivity index (χ0n) is 10.5. The van der Waals surface area contributed by atoms with E-state index in [1.54, 1.807) is 0 Å². The van der Waals surface area contributed by atoms with Crippen molar-refractivity contribution in [1.82, 2.24) is 0 Å². The number of nitrogens with zero attached hydrogens (tertiary/aromatic N) is 1. The first-order valence-electron chi connectivity index (χ1n) is 5.91. The van der Waals surface area contributed by atoms with Crippen molar-refractivity contribution in [1.29, 1.82) is 0 Å². The third kappa shape index (κ3) is 5.50. The lowest BCUT2D eigenvalue weighted by Gasteiger charge is -2.02. The molecule has 16 heavy (non-hydrogen) atoms. The van der Waals surface area contributed by atoms with E-state index in [4.69, 9.17) is 0 Å². The topological polar surface area (TPSA) is 12.4 Å². The lowest BCUT2D eigenvalue weighted by atomic mass is 10.1. The van der Waals surface area contributed by atoms with Crippen LogP contribution < -0.4 is 0 Å². The highest BCUT2D eigenvalue weighted by atomic mass is 14.7. The van der Waals surface area contributed by atoms with Crippen molar-refractivity contribution < 1.29 is 0 Å². The van der Waals surface area contributed by atoms with Crippen molar-refractivity contribution in [3.8, 4) is 0 Å². The molecule has 0 saturated carbocycles. The van der Waals surface area contributed by atoms with E-state index >= 15 is 0 Å². The average molecular weight is 215 g/mol. The van der Waals surface area contributed by atoms with Crippen LogP contribution in [0.5, 0.6) is 0 Å². The summed E-state index contributed by atoms with van der Waals surface area (Å²) in [7, 11) is 0. The molecule has 1 aromatic rings. The van der Waals surface area contributed by atoms with Crippen molar-refractivity contribution in [2.75, 3.05) is 0 Å². The molecule has 0 spiro atoms. The summed E-state index contributed by atoms with van der Waals surface area (Å²) in [6.07, 6.45) is 6.65. The molecule has 1 heteroatoms. The Balaban J connectivity index is 2.37. The third-order valence-electron chi connectivity index (χ3n) is 2.41. The van der Waals surface area contributed by atoms with E-state index in [9.17, 15) is 0 Å². The first-order chi connectivity index (χ1) is 7.68. The molecule has 0 N–H and O–H groups in total. The van der Waals surface area contributed by atoms with E-state index < -0.39 is 0 Å². The predicted molar refractivity (Wildman–Crippen MR) is 72.4 cm³/mol. The Kier molecular flexibility index (Phi) is 5.55. The third-order valence-corrected chi connectivity index (χ3v) is 2.41. The van der Waals surface area contributed by atoms with Gasteiger partial charge in [-0.3, -0.25) is 4.99 Å². The summed E-state index contributed by atoms with van der Waals surface area (Å²) in [5.74, 6) is 0.538. The summed E-state index contributed by atoms with van der Waals surface area (Å²) in [5, 5.41) is 0. The van der Waals surface area contributed by atoms with Gasteiger partial charge >= 0.3 is 0 Å². The van der Waals surface area contributed by atoms with Gasteiger partial charge in [0.1, 0.15) is 0 Å². The lowest BCUT2D eigenvalue weighted by Crippen LogP contribution is -1.94. The van der Waals surface area contributed by atoms with E-state index in [1.807, 2.05) is 36.5 Å². The second kappa shape index (κ2) is 7.00. The van der Waals surface area contributed by atoms with Crippen LogP contribution in [0.2, 0.25) is 0 Å². The first-order valence-corrected chi connectivity index (χ1v) is 5.91. The highest BCUT2D eigenvalue weighted by molar-refractivity contribution is 5.65. The summed E-state index contributed by atoms with van der Waals surface area (Å²) in [4.78, 5) is 4.46. The van der Waals surface area contributed by atoms with Crippen LogP contribution in [0.15, 0.2) is 47.0 Å². The van der Waals surface area contributed by atoms with Gasteiger partial charge in [-0.1, -0.05) is 36.8 Å². The molecular weight excluding hydrogens is 194 g/mol. The monoisotopic (exact) mass is 215 g/mol. The van der Waals surface area contributed by atoms with Gasteiger partial charge in [0.15, 0.2) is 0 Å². The minimum Gasteiger partial charge on any atom is -0.261 e. The maximum absolute atomic E-state index is 4.46. The Morgan fingerprint density at radius 1 is 1.25 bits per heavy atom. The Morgan fingerprint density at radius 3 is 2.56 bits per heavy atom. The van der Waals surface area contributed by atoms with Gasteiger partial charge in [-0.05, 0) is 44.7 Å². The van der Waals surface area contributed by atoms with Crippen molar-refractivity contribution in [3.05, 3.63) is 42.0 Å². The molecule has 86 valence electrons. The van der Waals surface area contributed by atoms with Gasteiger partial charge in [-0.2, -0.15) is 0 Å². The molecule has 1 aromatic carbocycles. The number of allylic oxidation sites excluding steroid dienone is 2. The van der Waals surface area contributed by atoms with Crippen LogP contribution in [0.3, 0.4) is 0 Å². The number of rotatable bonds is 5. The fourth-order valence-corrected chi connectivity index (χ4v) is 1.44. The van der Waals surface area contributed by atoms with E-state index in [0.29, 0.717) is 5.92 Å². The Morgan fingerprint density at radius 2 is 1.94 bits per heavy atom. The summed E-state index contributed by atoms with van der Waals surface area (Å²) >= 11 is 0. The Bertz CT molecular complexity index is 345. The fraction of sp³-hybridized carbons (Fsp3) is 0.400. The van der Waals surface area contributed by atoms with Gasteiger partial charge in [0.25, 0.3) is 0 Å². The molecule has 0 aliphatic carbocycles. The summed E-state index contributed by atoms with van der Waals surface area (Å²) in [5.41, 5.74) is 2.43. The van der Waals surface area contributed by atoms with Gasteiger partial charge < -0.3 is 0 Å². The second-order valence-electron chi connectivity index (χ2n) is 4.45. The minimum absolute atomic E-state index is 0.538. The first kappa shape index (κ1) is 12.7. The molecule has 0 bridgehead atoms. The van der Waals surface area contributed by atoms with E-state index in [-0.39, 0.29) is 0 Å². The second-order valence-corrected chi connectivity index (χ2v) is 4.45. The quantitative estimate of drug-likeness (QED) is 0.495. The maximum atomic E-state index is 4.46. The number of aliphatic imine (C=N–C) groups is 1. The Hall–Kier alpha value is -1.37. The summed E-state index contributed by atoms with van der Waals surface area (Å²) in [6.45, 7) is 6.50. The van der Waals surface area contributed by atoms with Gasteiger partial charge in [0.2, 0.25) is 0 Å². The van der Waals surface area contributed by atoms with E-state index in [1.165, 1.54) is 12.0 Å². The smallest absolute Gasteiger partial charge is 0.0625 e. The molecule has 1 nitrogen and oxygen atoms in total. The van der Waals surface area contributed by atoms with Gasteiger partial charge in [0.05, 0.1) is 5.69 Å². The lowest BCUT2D eigenvalue weighted by molar-refractivity contribution is 0.704. The molecular formula is C15H21N. The van der Waals surface area contributed by atoms with E-state index in [0.717, 1.165) is 12.1 Å². The van der Waals surface area contributed by atoms with Gasteiger partial charge in [0, 0.05) is 6.21 Å². The minimum atomic E-state index is 0.538. The van der Waals surface area contributed by atoms with E-state index in [2.05, 4.69) is 31.8 Å². The normalized spacial score (nSPS) is 12.7. The number of benzene rings is 1. The molecule has 0 saturated heterocycles. The van der Waals surface area contributed by atoms with Crippen LogP contribution in [0, 0.1) is 5.92 Å². The molecule has 0 heterocycles. The summed E-state index contributed by atoms with van der Waals surface area (Å²) in [6, 6.07) is 10.1.